The van der Waals surface area contributed by atoms with Crippen molar-refractivity contribution in [2.24, 2.45) is 0 Å². The van der Waals surface area contributed by atoms with Crippen LogP contribution in [0.1, 0.15) is 13.8 Å². The molecule has 0 spiro atoms. The number of hydrogen-bond donors (Lipinski definition) is 2. The molecule has 3 N–H and O–H groups in total. The van der Waals surface area contributed by atoms with Gasteiger partial charge in [0.15, 0.2) is 5.82 Å². The van der Waals surface area contributed by atoms with Crippen LogP contribution in [0.3, 0.4) is 0 Å². The molecule has 1 heterocycles. The van der Waals surface area contributed by atoms with E-state index in [9.17, 15) is 4.79 Å². The van der Waals surface area contributed by atoms with E-state index in [4.69, 9.17) is 33.8 Å². The van der Waals surface area contributed by atoms with Gasteiger partial charge >= 0.3 is 0 Å². The third kappa shape index (κ3) is 4.95. The normalized spacial score (nSPS) is 11.9. The van der Waals surface area contributed by atoms with E-state index >= 15 is 0 Å². The molecule has 3 aromatic rings. The van der Waals surface area contributed by atoms with E-state index in [0.29, 0.717) is 33.3 Å². The van der Waals surface area contributed by atoms with Crippen molar-refractivity contribution in [2.75, 3.05) is 17.8 Å². The van der Waals surface area contributed by atoms with Gasteiger partial charge in [0.2, 0.25) is 11.1 Å². The Bertz CT molecular complexity index is 1010. The fourth-order valence-corrected chi connectivity index (χ4v) is 3.59. The predicted octanol–water partition coefficient (Wildman–Crippen LogP) is 4.48. The van der Waals surface area contributed by atoms with Crippen LogP contribution in [0, 0.1) is 0 Å². The highest BCUT2D eigenvalue weighted by Gasteiger charge is 2.21. The lowest BCUT2D eigenvalue weighted by Gasteiger charge is -2.13. The molecule has 0 radical (unpaired) electrons. The van der Waals surface area contributed by atoms with Crippen molar-refractivity contribution < 1.29 is 9.53 Å². The van der Waals surface area contributed by atoms with Gasteiger partial charge in [-0.15, -0.1) is 10.2 Å². The zero-order chi connectivity index (χ0) is 21.0. The molecule has 0 aliphatic rings. The minimum atomic E-state index is -0.496. The van der Waals surface area contributed by atoms with Crippen LogP contribution in [0.2, 0.25) is 10.0 Å². The topological polar surface area (TPSA) is 95.1 Å². The summed E-state index contributed by atoms with van der Waals surface area (Å²) in [5.74, 6) is 7.14. The summed E-state index contributed by atoms with van der Waals surface area (Å²) < 4.78 is 6.79. The lowest BCUT2D eigenvalue weighted by Crippen LogP contribution is -2.23. The molecule has 29 heavy (non-hydrogen) atoms. The monoisotopic (exact) mass is 451 g/mol. The Morgan fingerprint density at radius 3 is 2.66 bits per heavy atom. The minimum absolute atomic E-state index is 0.259. The molecular weight excluding hydrogens is 433 g/mol. The van der Waals surface area contributed by atoms with E-state index in [0.717, 1.165) is 11.3 Å². The van der Waals surface area contributed by atoms with E-state index in [1.165, 1.54) is 16.4 Å². The number of carbonyl (C=O) groups excluding carboxylic acids is 1. The van der Waals surface area contributed by atoms with Crippen LogP contribution in [0.25, 0.3) is 11.4 Å². The first-order valence-corrected chi connectivity index (χ1v) is 10.4. The fraction of sp³-hybridized carbons (Fsp3) is 0.211. The van der Waals surface area contributed by atoms with E-state index < -0.39 is 5.25 Å². The molecule has 0 aliphatic carbocycles. The van der Waals surface area contributed by atoms with Crippen LogP contribution in [0.4, 0.5) is 5.69 Å². The molecule has 152 valence electrons. The van der Waals surface area contributed by atoms with Gasteiger partial charge in [-0.1, -0.05) is 41.0 Å². The first-order chi connectivity index (χ1) is 13.9. The molecule has 0 bridgehead atoms. The van der Waals surface area contributed by atoms with Crippen molar-refractivity contribution in [3.63, 3.8) is 0 Å². The van der Waals surface area contributed by atoms with Crippen LogP contribution in [0.5, 0.6) is 5.75 Å². The third-order valence-electron chi connectivity index (χ3n) is 3.95. The molecule has 1 aromatic heterocycles. The Morgan fingerprint density at radius 2 is 1.97 bits per heavy atom. The molecule has 1 atom stereocenters. The summed E-state index contributed by atoms with van der Waals surface area (Å²) in [6.45, 7) is 4.25. The largest absolute Gasteiger partial charge is 0.494 e. The molecule has 1 amide bonds. The summed E-state index contributed by atoms with van der Waals surface area (Å²) in [6, 6.07) is 12.4. The summed E-state index contributed by atoms with van der Waals surface area (Å²) >= 11 is 13.3. The zero-order valence-electron chi connectivity index (χ0n) is 15.7. The molecule has 7 nitrogen and oxygen atoms in total. The molecule has 10 heteroatoms. The summed E-state index contributed by atoms with van der Waals surface area (Å²) in [4.78, 5) is 12.5. The van der Waals surface area contributed by atoms with Crippen molar-refractivity contribution in [3.05, 3.63) is 52.5 Å². The Balaban J connectivity index is 1.70. The number of thioether (sulfide) groups is 1. The summed E-state index contributed by atoms with van der Waals surface area (Å²) in [5, 5.41) is 11.6. The first kappa shape index (κ1) is 21.3. The highest BCUT2D eigenvalue weighted by molar-refractivity contribution is 8.00. The van der Waals surface area contributed by atoms with Crippen molar-refractivity contribution in [3.8, 4) is 17.1 Å². The Morgan fingerprint density at radius 1 is 1.24 bits per heavy atom. The number of carbonyl (C=O) groups is 1. The quantitative estimate of drug-likeness (QED) is 0.405. The Hall–Kier alpha value is -2.42. The summed E-state index contributed by atoms with van der Waals surface area (Å²) in [7, 11) is 0. The van der Waals surface area contributed by atoms with Gasteiger partial charge in [-0.25, -0.2) is 4.68 Å². The number of aromatic nitrogens is 3. The van der Waals surface area contributed by atoms with E-state index in [-0.39, 0.29) is 5.91 Å². The van der Waals surface area contributed by atoms with Crippen molar-refractivity contribution >= 4 is 46.6 Å². The second-order valence-electron chi connectivity index (χ2n) is 5.98. The highest BCUT2D eigenvalue weighted by atomic mass is 35.5. The molecule has 0 fully saturated rings. The maximum Gasteiger partial charge on any atom is 0.237 e. The number of hydrogen-bond acceptors (Lipinski definition) is 6. The van der Waals surface area contributed by atoms with Crippen molar-refractivity contribution in [2.45, 2.75) is 24.3 Å². The molecule has 0 aliphatic heterocycles. The number of nitrogens with two attached hydrogens (primary N) is 1. The molecule has 0 saturated carbocycles. The Labute approximate surface area is 182 Å². The van der Waals surface area contributed by atoms with Gasteiger partial charge in [0.1, 0.15) is 5.75 Å². The third-order valence-corrected chi connectivity index (χ3v) is 5.82. The van der Waals surface area contributed by atoms with Gasteiger partial charge in [0, 0.05) is 5.56 Å². The van der Waals surface area contributed by atoms with Crippen LogP contribution >= 0.6 is 35.0 Å². The van der Waals surface area contributed by atoms with Gasteiger partial charge in [-0.3, -0.25) is 4.79 Å². The fourth-order valence-electron chi connectivity index (χ4n) is 2.47. The number of ether oxygens (including phenoxy) is 1. The lowest BCUT2D eigenvalue weighted by atomic mass is 10.2. The molecular formula is C19H19Cl2N5O2S. The number of benzene rings is 2. The maximum atomic E-state index is 12.5. The van der Waals surface area contributed by atoms with Gasteiger partial charge in [0.25, 0.3) is 0 Å². The number of nitrogen functional groups attached to an aromatic ring is 1. The number of rotatable bonds is 7. The second-order valence-corrected chi connectivity index (χ2v) is 8.08. The zero-order valence-corrected chi connectivity index (χ0v) is 18.1. The minimum Gasteiger partial charge on any atom is -0.494 e. The number of anilines is 1. The van der Waals surface area contributed by atoms with Gasteiger partial charge in [-0.2, -0.15) is 0 Å². The number of halogens is 2. The maximum absolute atomic E-state index is 12.5. The van der Waals surface area contributed by atoms with E-state index in [1.54, 1.807) is 25.1 Å². The summed E-state index contributed by atoms with van der Waals surface area (Å²) in [5.41, 5.74) is 1.24. The van der Waals surface area contributed by atoms with E-state index in [2.05, 4.69) is 15.5 Å². The second kappa shape index (κ2) is 9.39. The predicted molar refractivity (Wildman–Crippen MR) is 117 cm³/mol. The average Bonchev–Trinajstić information content (AvgIpc) is 3.06. The standard InChI is InChI=1S/C19H19Cl2N5O2S/c1-3-28-13-9-7-12(8-10-13)17-24-25-19(26(17)22)29-11(2)18(27)23-15-6-4-5-14(20)16(15)21/h4-11H,3,22H2,1-2H3,(H,23,27)/t11-/m0/s1. The first-order valence-electron chi connectivity index (χ1n) is 8.76. The number of nitrogens with one attached hydrogen (secondary N) is 1. The average molecular weight is 452 g/mol. The molecule has 2 aromatic carbocycles. The van der Waals surface area contributed by atoms with E-state index in [1.807, 2.05) is 31.2 Å². The SMILES string of the molecule is CCOc1ccc(-c2nnc(S[C@@H](C)C(=O)Nc3cccc(Cl)c3Cl)n2N)cc1. The van der Waals surface area contributed by atoms with Gasteiger partial charge < -0.3 is 15.9 Å². The number of amides is 1. The van der Waals surface area contributed by atoms with Crippen LogP contribution in [-0.2, 0) is 4.79 Å². The molecule has 0 saturated heterocycles. The lowest BCUT2D eigenvalue weighted by molar-refractivity contribution is -0.115. The van der Waals surface area contributed by atoms with Gasteiger partial charge in [-0.05, 0) is 50.2 Å². The highest BCUT2D eigenvalue weighted by Crippen LogP contribution is 2.31. The van der Waals surface area contributed by atoms with Crippen molar-refractivity contribution in [1.82, 2.24) is 14.9 Å². The van der Waals surface area contributed by atoms with Gasteiger partial charge in [0.05, 0.1) is 27.6 Å². The number of nitrogens with zero attached hydrogens (tertiary/aromatic N) is 3. The van der Waals surface area contributed by atoms with Crippen LogP contribution in [0.15, 0.2) is 47.6 Å². The van der Waals surface area contributed by atoms with Crippen molar-refractivity contribution in [1.29, 1.82) is 0 Å². The smallest absolute Gasteiger partial charge is 0.237 e. The Kier molecular flexibility index (Phi) is 6.89. The molecule has 3 rings (SSSR count). The van der Waals surface area contributed by atoms with Crippen LogP contribution in [-0.4, -0.2) is 32.6 Å². The summed E-state index contributed by atoms with van der Waals surface area (Å²) in [6.07, 6.45) is 0. The van der Waals surface area contributed by atoms with Crippen LogP contribution < -0.4 is 15.9 Å². The molecule has 0 unspecified atom stereocenters.